The number of aromatic nitrogens is 1. The molecule has 4 heterocycles. The number of urea groups is 1. The van der Waals surface area contributed by atoms with Gasteiger partial charge in [-0.1, -0.05) is 63.4 Å². The summed E-state index contributed by atoms with van der Waals surface area (Å²) in [7, 11) is 1.41. The largest absolute Gasteiger partial charge is 0.465 e. The molecule has 3 aromatic rings. The number of hydrogen-bond donors (Lipinski definition) is 0. The standard InChI is InChI=1S/C35H40N4O5.C2H6/c1-43-34(41)26-11-12-29-30(22-26)39-23-27(33(40)36-13-15-37(16-14-36)35(42)38-17-19-44-20-18-38)21-25-9-5-6-10-28(25)32(39)31(29)24-7-3-2-4-8-24;1-2/h5-6,9-12,21-22,24H,2-4,7-8,13-20,23H2,1H3;1-2H3. The van der Waals surface area contributed by atoms with Crippen molar-refractivity contribution in [3.05, 3.63) is 64.7 Å². The summed E-state index contributed by atoms with van der Waals surface area (Å²) >= 11 is 0. The van der Waals surface area contributed by atoms with Crippen molar-refractivity contribution in [2.24, 2.45) is 0 Å². The molecule has 0 atom stereocenters. The number of esters is 1. The average molecular weight is 627 g/mol. The Morgan fingerprint density at radius 3 is 2.22 bits per heavy atom. The van der Waals surface area contributed by atoms with Crippen molar-refractivity contribution in [1.29, 1.82) is 0 Å². The van der Waals surface area contributed by atoms with Gasteiger partial charge in [-0.15, -0.1) is 0 Å². The lowest BCUT2D eigenvalue weighted by Gasteiger charge is -2.38. The van der Waals surface area contributed by atoms with Crippen LogP contribution in [0.5, 0.6) is 0 Å². The van der Waals surface area contributed by atoms with Crippen molar-refractivity contribution < 1.29 is 23.9 Å². The van der Waals surface area contributed by atoms with E-state index in [1.165, 1.54) is 31.9 Å². The number of carbonyl (C=O) groups excluding carboxylic acids is 3. The summed E-state index contributed by atoms with van der Waals surface area (Å²) in [5.74, 6) is 0.0530. The molecule has 46 heavy (non-hydrogen) atoms. The van der Waals surface area contributed by atoms with Crippen LogP contribution in [0.25, 0.3) is 28.2 Å². The minimum atomic E-state index is -0.368. The number of rotatable bonds is 3. The van der Waals surface area contributed by atoms with Crippen molar-refractivity contribution in [2.75, 3.05) is 59.6 Å². The lowest BCUT2D eigenvalue weighted by Crippen LogP contribution is -2.55. The second kappa shape index (κ2) is 14.1. The summed E-state index contributed by atoms with van der Waals surface area (Å²) in [4.78, 5) is 45.5. The zero-order valence-electron chi connectivity index (χ0n) is 27.4. The Morgan fingerprint density at radius 2 is 1.50 bits per heavy atom. The molecule has 3 amide bonds. The van der Waals surface area contributed by atoms with Crippen LogP contribution < -0.4 is 0 Å². The molecule has 2 aromatic carbocycles. The number of nitrogens with zero attached hydrogens (tertiary/aromatic N) is 4. The molecule has 244 valence electrons. The van der Waals surface area contributed by atoms with Gasteiger partial charge in [-0.05, 0) is 48.1 Å². The van der Waals surface area contributed by atoms with E-state index in [2.05, 4.69) is 34.9 Å². The number of ether oxygens (including phenoxy) is 2. The first-order valence-corrected chi connectivity index (χ1v) is 17.0. The van der Waals surface area contributed by atoms with Crippen molar-refractivity contribution in [1.82, 2.24) is 19.3 Å². The molecule has 0 bridgehead atoms. The minimum Gasteiger partial charge on any atom is -0.465 e. The zero-order chi connectivity index (χ0) is 32.2. The average Bonchev–Trinajstić information content (AvgIpc) is 3.34. The highest BCUT2D eigenvalue weighted by molar-refractivity contribution is 6.03. The summed E-state index contributed by atoms with van der Waals surface area (Å²) in [5, 5.41) is 1.15. The maximum atomic E-state index is 14.2. The zero-order valence-corrected chi connectivity index (χ0v) is 27.4. The van der Waals surface area contributed by atoms with Gasteiger partial charge in [0.2, 0.25) is 0 Å². The van der Waals surface area contributed by atoms with Crippen LogP contribution in [0.3, 0.4) is 0 Å². The summed E-state index contributed by atoms with van der Waals surface area (Å²) in [6.07, 6.45) is 8.01. The van der Waals surface area contributed by atoms with Gasteiger partial charge in [0.15, 0.2) is 0 Å². The molecule has 0 unspecified atom stereocenters. The first kappa shape index (κ1) is 31.9. The molecule has 1 aliphatic carbocycles. The Bertz CT molecular complexity index is 1620. The monoisotopic (exact) mass is 626 g/mol. The predicted octanol–water partition coefficient (Wildman–Crippen LogP) is 6.16. The van der Waals surface area contributed by atoms with Crippen LogP contribution in [0.1, 0.15) is 73.4 Å². The Labute approximate surface area is 271 Å². The third kappa shape index (κ3) is 6.05. The second-order valence-electron chi connectivity index (χ2n) is 12.3. The maximum Gasteiger partial charge on any atom is 0.337 e. The van der Waals surface area contributed by atoms with Gasteiger partial charge < -0.3 is 28.7 Å². The number of morpholine rings is 1. The van der Waals surface area contributed by atoms with Gasteiger partial charge in [0.25, 0.3) is 5.91 Å². The fraction of sp³-hybridized carbons (Fsp3) is 0.486. The molecule has 2 saturated heterocycles. The molecule has 7 rings (SSSR count). The molecular weight excluding hydrogens is 580 g/mol. The molecule has 0 N–H and O–H groups in total. The molecule has 1 aromatic heterocycles. The van der Waals surface area contributed by atoms with Crippen LogP contribution in [0.4, 0.5) is 4.79 Å². The van der Waals surface area contributed by atoms with Gasteiger partial charge in [0, 0.05) is 61.3 Å². The van der Waals surface area contributed by atoms with E-state index in [0.29, 0.717) is 76.1 Å². The summed E-state index contributed by atoms with van der Waals surface area (Å²) in [6.45, 7) is 8.77. The minimum absolute atomic E-state index is 0.00341. The first-order chi connectivity index (χ1) is 22.5. The number of piperazine rings is 1. The smallest absolute Gasteiger partial charge is 0.337 e. The maximum absolute atomic E-state index is 14.2. The van der Waals surface area contributed by atoms with E-state index in [0.717, 1.165) is 40.6 Å². The molecule has 3 aliphatic heterocycles. The van der Waals surface area contributed by atoms with Crippen molar-refractivity contribution in [3.63, 3.8) is 0 Å². The fourth-order valence-electron chi connectivity index (χ4n) is 7.51. The molecule has 0 spiro atoms. The SMILES string of the molecule is CC.COC(=O)c1ccc2c(C3CCCCC3)c3n(c2c1)CC(C(=O)N1CCN(C(=O)N2CCOCC2)CC1)=Cc1ccccc1-3. The van der Waals surface area contributed by atoms with Gasteiger partial charge in [-0.3, -0.25) is 4.79 Å². The number of carbonyl (C=O) groups is 3. The van der Waals surface area contributed by atoms with E-state index in [9.17, 15) is 14.4 Å². The van der Waals surface area contributed by atoms with Crippen molar-refractivity contribution in [3.8, 4) is 11.3 Å². The second-order valence-corrected chi connectivity index (χ2v) is 12.3. The number of benzene rings is 2. The molecule has 9 nitrogen and oxygen atoms in total. The van der Waals surface area contributed by atoms with E-state index in [1.807, 2.05) is 46.7 Å². The number of hydrogen-bond acceptors (Lipinski definition) is 5. The fourth-order valence-corrected chi connectivity index (χ4v) is 7.51. The molecule has 1 saturated carbocycles. The van der Waals surface area contributed by atoms with Crippen LogP contribution in [0.15, 0.2) is 48.0 Å². The lowest BCUT2D eigenvalue weighted by molar-refractivity contribution is -0.128. The molecule has 4 aliphatic rings. The quantitative estimate of drug-likeness (QED) is 0.325. The summed E-state index contributed by atoms with van der Waals surface area (Å²) in [5.41, 5.74) is 6.81. The number of methoxy groups -OCH3 is 1. The highest BCUT2D eigenvalue weighted by atomic mass is 16.5. The van der Waals surface area contributed by atoms with Gasteiger partial charge in [0.1, 0.15) is 0 Å². The van der Waals surface area contributed by atoms with Crippen LogP contribution in [-0.4, -0.2) is 96.8 Å². The third-order valence-electron chi connectivity index (χ3n) is 9.81. The Balaban J connectivity index is 0.00000182. The van der Waals surface area contributed by atoms with E-state index in [4.69, 9.17) is 9.47 Å². The Morgan fingerprint density at radius 1 is 0.826 bits per heavy atom. The highest BCUT2D eigenvalue weighted by Crippen LogP contribution is 2.46. The lowest BCUT2D eigenvalue weighted by atomic mass is 9.81. The van der Waals surface area contributed by atoms with Gasteiger partial charge >= 0.3 is 12.0 Å². The van der Waals surface area contributed by atoms with Crippen molar-refractivity contribution >= 4 is 34.9 Å². The highest BCUT2D eigenvalue weighted by Gasteiger charge is 2.33. The third-order valence-corrected chi connectivity index (χ3v) is 9.81. The van der Waals surface area contributed by atoms with E-state index in [1.54, 1.807) is 0 Å². The molecule has 3 fully saturated rings. The number of amides is 3. The van der Waals surface area contributed by atoms with E-state index in [-0.39, 0.29) is 17.9 Å². The van der Waals surface area contributed by atoms with Crippen LogP contribution >= 0.6 is 0 Å². The normalized spacial score (nSPS) is 18.5. The van der Waals surface area contributed by atoms with Crippen LogP contribution in [-0.2, 0) is 20.8 Å². The number of fused-ring (bicyclic) bond motifs is 5. The Kier molecular flexibility index (Phi) is 9.78. The predicted molar refractivity (Wildman–Crippen MR) is 180 cm³/mol. The molecular formula is C37H46N4O5. The first-order valence-electron chi connectivity index (χ1n) is 17.0. The molecule has 0 radical (unpaired) electrons. The van der Waals surface area contributed by atoms with Gasteiger partial charge in [-0.2, -0.15) is 0 Å². The van der Waals surface area contributed by atoms with Crippen LogP contribution in [0.2, 0.25) is 0 Å². The summed E-state index contributed by atoms with van der Waals surface area (Å²) < 4.78 is 12.7. The van der Waals surface area contributed by atoms with Gasteiger partial charge in [0.05, 0.1) is 38.1 Å². The van der Waals surface area contributed by atoms with Gasteiger partial charge in [-0.25, -0.2) is 9.59 Å². The summed E-state index contributed by atoms with van der Waals surface area (Å²) in [6, 6.07) is 14.3. The Hall–Kier alpha value is -4.11. The van der Waals surface area contributed by atoms with Crippen molar-refractivity contribution in [2.45, 2.75) is 58.4 Å². The molecule has 9 heteroatoms. The van der Waals surface area contributed by atoms with E-state index >= 15 is 0 Å². The van der Waals surface area contributed by atoms with Crippen LogP contribution in [0, 0.1) is 0 Å². The van der Waals surface area contributed by atoms with E-state index < -0.39 is 0 Å². The topological polar surface area (TPSA) is 84.3 Å².